The van der Waals surface area contributed by atoms with Gasteiger partial charge in [0.05, 0.1) is 0 Å². The third-order valence-electron chi connectivity index (χ3n) is 2.89. The Balaban J connectivity index is 1.64. The van der Waals surface area contributed by atoms with E-state index in [1.54, 1.807) is 24.4 Å². The maximum absolute atomic E-state index is 11.5. The van der Waals surface area contributed by atoms with Gasteiger partial charge < -0.3 is 15.2 Å². The summed E-state index contributed by atoms with van der Waals surface area (Å²) in [5.41, 5.74) is 1.46. The van der Waals surface area contributed by atoms with Crippen LogP contribution in [-0.2, 0) is 11.3 Å². The summed E-state index contributed by atoms with van der Waals surface area (Å²) in [5, 5.41) is 12.2. The van der Waals surface area contributed by atoms with Crippen molar-refractivity contribution >= 4 is 12.2 Å². The molecule has 1 amide bonds. The number of carbonyl (C=O) groups is 1. The van der Waals surface area contributed by atoms with Crippen LogP contribution in [-0.4, -0.2) is 22.7 Å². The van der Waals surface area contributed by atoms with Crippen LogP contribution < -0.4 is 5.32 Å². The third-order valence-corrected chi connectivity index (χ3v) is 2.89. The van der Waals surface area contributed by atoms with Gasteiger partial charge in [0.25, 0.3) is 0 Å². The predicted molar refractivity (Wildman–Crippen MR) is 84.2 cm³/mol. The molecule has 2 aromatic rings. The lowest BCUT2D eigenvalue weighted by Crippen LogP contribution is -2.24. The Morgan fingerprint density at radius 1 is 1.23 bits per heavy atom. The van der Waals surface area contributed by atoms with Crippen LogP contribution in [0.25, 0.3) is 6.08 Å². The zero-order valence-corrected chi connectivity index (χ0v) is 12.1. The molecule has 0 saturated carbocycles. The van der Waals surface area contributed by atoms with Crippen LogP contribution in [0.2, 0.25) is 0 Å². The molecule has 0 radical (unpaired) electrons. The Bertz CT molecular complexity index is 627. The molecule has 1 heterocycles. The molecule has 1 aromatic heterocycles. The number of nitrogens with one attached hydrogen (secondary N) is 1. The quantitative estimate of drug-likeness (QED) is 0.804. The Hall–Kier alpha value is -2.82. The van der Waals surface area contributed by atoms with Crippen molar-refractivity contribution in [3.05, 3.63) is 66.0 Å². The second-order valence-corrected chi connectivity index (χ2v) is 4.59. The Morgan fingerprint density at radius 3 is 2.82 bits per heavy atom. The molecule has 2 rings (SSSR count). The molecular weight excluding hydrogens is 280 g/mol. The van der Waals surface area contributed by atoms with E-state index in [4.69, 9.17) is 4.74 Å². The lowest BCUT2D eigenvalue weighted by Gasteiger charge is -2.05. The van der Waals surface area contributed by atoms with E-state index >= 15 is 0 Å². The molecule has 0 fully saturated rings. The average molecular weight is 298 g/mol. The molecule has 0 saturated heterocycles. The zero-order valence-electron chi connectivity index (χ0n) is 12.1. The minimum Gasteiger partial charge on any atom is -0.506 e. The first-order valence-electron chi connectivity index (χ1n) is 7.01. The number of alkyl carbamates (subject to hydrolysis) is 1. The van der Waals surface area contributed by atoms with E-state index in [9.17, 15) is 9.90 Å². The highest BCUT2D eigenvalue weighted by atomic mass is 16.5. The molecule has 0 bridgehead atoms. The first kappa shape index (κ1) is 15.6. The molecule has 2 N–H and O–H groups in total. The van der Waals surface area contributed by atoms with E-state index in [0.717, 1.165) is 5.56 Å². The highest BCUT2D eigenvalue weighted by Crippen LogP contribution is 2.13. The summed E-state index contributed by atoms with van der Waals surface area (Å²) in [5.74, 6) is 0.133. The van der Waals surface area contributed by atoms with Crippen LogP contribution in [0.15, 0.2) is 54.7 Å². The zero-order chi connectivity index (χ0) is 15.6. The average Bonchev–Trinajstić information content (AvgIpc) is 2.55. The van der Waals surface area contributed by atoms with Crippen molar-refractivity contribution in [1.82, 2.24) is 10.3 Å². The molecule has 5 heteroatoms. The van der Waals surface area contributed by atoms with Crippen molar-refractivity contribution < 1.29 is 14.6 Å². The lowest BCUT2D eigenvalue weighted by molar-refractivity contribution is 0.140. The van der Waals surface area contributed by atoms with Crippen LogP contribution in [0.1, 0.15) is 17.7 Å². The highest BCUT2D eigenvalue weighted by molar-refractivity contribution is 5.67. The molecule has 1 aromatic carbocycles. The topological polar surface area (TPSA) is 71.5 Å². The fraction of sp³-hybridized carbons (Fsp3) is 0.176. The molecule has 0 spiro atoms. The van der Waals surface area contributed by atoms with Crippen molar-refractivity contribution in [1.29, 1.82) is 0 Å². The van der Waals surface area contributed by atoms with Crippen LogP contribution in [0.3, 0.4) is 0 Å². The van der Waals surface area contributed by atoms with Crippen molar-refractivity contribution in [2.45, 2.75) is 13.0 Å². The molecule has 0 atom stereocenters. The normalized spacial score (nSPS) is 10.5. The number of benzene rings is 1. The van der Waals surface area contributed by atoms with Crippen molar-refractivity contribution in [2.24, 2.45) is 0 Å². The van der Waals surface area contributed by atoms with Gasteiger partial charge in [-0.05, 0) is 30.2 Å². The van der Waals surface area contributed by atoms with Gasteiger partial charge in [0.2, 0.25) is 0 Å². The summed E-state index contributed by atoms with van der Waals surface area (Å²) < 4.78 is 5.09. The minimum atomic E-state index is -0.446. The molecular formula is C17H18N2O3. The largest absolute Gasteiger partial charge is 0.506 e. The van der Waals surface area contributed by atoms with Gasteiger partial charge >= 0.3 is 6.09 Å². The van der Waals surface area contributed by atoms with Gasteiger partial charge in [-0.25, -0.2) is 4.79 Å². The maximum atomic E-state index is 11.5. The number of pyridine rings is 1. The monoisotopic (exact) mass is 298 g/mol. The van der Waals surface area contributed by atoms with E-state index in [1.165, 1.54) is 0 Å². The Labute approximate surface area is 129 Å². The number of ether oxygens (including phenoxy) is 1. The van der Waals surface area contributed by atoms with E-state index in [2.05, 4.69) is 10.3 Å². The summed E-state index contributed by atoms with van der Waals surface area (Å²) in [4.78, 5) is 15.5. The summed E-state index contributed by atoms with van der Waals surface area (Å²) in [6, 6.07) is 12.7. The number of hydrogen-bond acceptors (Lipinski definition) is 4. The van der Waals surface area contributed by atoms with Crippen LogP contribution in [0.4, 0.5) is 4.79 Å². The molecule has 5 nitrogen and oxygen atoms in total. The first-order chi connectivity index (χ1) is 10.8. The number of carbonyl (C=O) groups excluding carboxylic acids is 1. The lowest BCUT2D eigenvalue weighted by atomic mass is 10.2. The van der Waals surface area contributed by atoms with Gasteiger partial charge in [0.1, 0.15) is 18.1 Å². The van der Waals surface area contributed by atoms with Gasteiger partial charge in [-0.2, -0.15) is 0 Å². The highest BCUT2D eigenvalue weighted by Gasteiger charge is 2.01. The molecule has 0 unspecified atom stereocenters. The van der Waals surface area contributed by atoms with Gasteiger partial charge in [-0.1, -0.05) is 36.4 Å². The summed E-state index contributed by atoms with van der Waals surface area (Å²) >= 11 is 0. The molecule has 22 heavy (non-hydrogen) atoms. The van der Waals surface area contributed by atoms with Gasteiger partial charge in [0.15, 0.2) is 0 Å². The minimum absolute atomic E-state index is 0.133. The van der Waals surface area contributed by atoms with Crippen LogP contribution >= 0.6 is 0 Å². The van der Waals surface area contributed by atoms with Crippen molar-refractivity contribution in [2.75, 3.05) is 6.54 Å². The number of rotatable bonds is 6. The van der Waals surface area contributed by atoms with Gasteiger partial charge in [-0.3, -0.25) is 4.98 Å². The molecule has 0 aliphatic carbocycles. The summed E-state index contributed by atoms with van der Waals surface area (Å²) in [7, 11) is 0. The standard InChI is InChI=1S/C17H18N2O3/c20-16-10-6-12-18-15(16)9-4-5-11-19-17(21)22-13-14-7-2-1-3-8-14/h1-4,6-10,12,20H,5,11,13H2,(H,19,21). The molecule has 0 aliphatic rings. The fourth-order valence-electron chi connectivity index (χ4n) is 1.76. The number of hydrogen-bond donors (Lipinski definition) is 2. The van der Waals surface area contributed by atoms with Crippen LogP contribution in [0, 0.1) is 0 Å². The van der Waals surface area contributed by atoms with Crippen molar-refractivity contribution in [3.63, 3.8) is 0 Å². The number of amides is 1. The van der Waals surface area contributed by atoms with Gasteiger partial charge in [-0.15, -0.1) is 0 Å². The summed E-state index contributed by atoms with van der Waals surface area (Å²) in [6.45, 7) is 0.710. The third kappa shape index (κ3) is 5.28. The Kier molecular flexibility index (Phi) is 5.99. The maximum Gasteiger partial charge on any atom is 0.407 e. The van der Waals surface area contributed by atoms with E-state index in [1.807, 2.05) is 36.4 Å². The van der Waals surface area contributed by atoms with Crippen LogP contribution in [0.5, 0.6) is 5.75 Å². The van der Waals surface area contributed by atoms with E-state index < -0.39 is 6.09 Å². The number of aromatic hydroxyl groups is 1. The number of nitrogens with zero attached hydrogens (tertiary/aromatic N) is 1. The second-order valence-electron chi connectivity index (χ2n) is 4.59. The smallest absolute Gasteiger partial charge is 0.407 e. The second kappa shape index (κ2) is 8.46. The summed E-state index contributed by atoms with van der Waals surface area (Å²) in [6.07, 6.45) is 5.33. The number of aromatic nitrogens is 1. The first-order valence-corrected chi connectivity index (χ1v) is 7.01. The van der Waals surface area contributed by atoms with E-state index in [0.29, 0.717) is 18.7 Å². The molecule has 114 valence electrons. The Morgan fingerprint density at radius 2 is 2.05 bits per heavy atom. The van der Waals surface area contributed by atoms with Gasteiger partial charge in [0, 0.05) is 12.7 Å². The SMILES string of the molecule is O=C(NCCC=Cc1ncccc1O)OCc1ccccc1. The van der Waals surface area contributed by atoms with Crippen molar-refractivity contribution in [3.8, 4) is 5.75 Å². The van der Waals surface area contributed by atoms with E-state index in [-0.39, 0.29) is 12.4 Å². The predicted octanol–water partition coefficient (Wildman–Crippen LogP) is 3.12. The fourth-order valence-corrected chi connectivity index (χ4v) is 1.76. The molecule has 0 aliphatic heterocycles.